The van der Waals surface area contributed by atoms with Crippen molar-refractivity contribution in [3.63, 3.8) is 0 Å². The lowest BCUT2D eigenvalue weighted by Gasteiger charge is -2.32. The minimum atomic E-state index is -0.173. The van der Waals surface area contributed by atoms with Crippen molar-refractivity contribution in [2.75, 3.05) is 26.7 Å². The first-order valence-electron chi connectivity index (χ1n) is 10.6. The molecular formula is C22H33N5O. The number of carbonyl (C=O) groups excluding carboxylic acids is 1. The van der Waals surface area contributed by atoms with E-state index in [1.54, 1.807) is 0 Å². The van der Waals surface area contributed by atoms with Crippen LogP contribution in [-0.4, -0.2) is 52.3 Å². The fourth-order valence-electron chi connectivity index (χ4n) is 4.33. The standard InChI is InChI=1S/C22H33N5O/c1-14-19-17(21(28)26-10-8-15(9-11-26)13-23-5)12-18(16-6-7-16)24-20(19)27(25-14)22(2,3)4/h12,15-16,23H,6-11,13H2,1-5H3. The molecule has 1 saturated heterocycles. The van der Waals surface area contributed by atoms with E-state index in [1.165, 1.54) is 12.8 Å². The van der Waals surface area contributed by atoms with Gasteiger partial charge in [0.1, 0.15) is 0 Å². The van der Waals surface area contributed by atoms with Crippen molar-refractivity contribution in [2.45, 2.75) is 64.8 Å². The molecule has 0 aromatic carbocycles. The van der Waals surface area contributed by atoms with Crippen molar-refractivity contribution in [3.8, 4) is 0 Å². The van der Waals surface area contributed by atoms with Crippen LogP contribution in [0.5, 0.6) is 0 Å². The largest absolute Gasteiger partial charge is 0.339 e. The van der Waals surface area contributed by atoms with E-state index in [0.717, 1.165) is 60.5 Å². The summed E-state index contributed by atoms with van der Waals surface area (Å²) in [5.41, 5.74) is 3.45. The van der Waals surface area contributed by atoms with Crippen LogP contribution in [0.25, 0.3) is 11.0 Å². The van der Waals surface area contributed by atoms with Crippen LogP contribution in [0, 0.1) is 12.8 Å². The van der Waals surface area contributed by atoms with Gasteiger partial charge in [-0.15, -0.1) is 0 Å². The van der Waals surface area contributed by atoms with E-state index in [-0.39, 0.29) is 11.4 Å². The Morgan fingerprint density at radius 3 is 2.46 bits per heavy atom. The third-order valence-corrected chi connectivity index (χ3v) is 6.09. The number of aryl methyl sites for hydroxylation is 1. The van der Waals surface area contributed by atoms with Crippen molar-refractivity contribution in [3.05, 3.63) is 23.0 Å². The summed E-state index contributed by atoms with van der Waals surface area (Å²) in [7, 11) is 2.00. The van der Waals surface area contributed by atoms with E-state index < -0.39 is 0 Å². The van der Waals surface area contributed by atoms with Crippen LogP contribution >= 0.6 is 0 Å². The van der Waals surface area contributed by atoms with Gasteiger partial charge < -0.3 is 10.2 Å². The van der Waals surface area contributed by atoms with Crippen LogP contribution < -0.4 is 5.32 Å². The summed E-state index contributed by atoms with van der Waals surface area (Å²) >= 11 is 0. The van der Waals surface area contributed by atoms with Gasteiger partial charge in [-0.3, -0.25) is 4.79 Å². The Balaban J connectivity index is 1.74. The molecule has 0 bridgehead atoms. The van der Waals surface area contributed by atoms with E-state index in [1.807, 2.05) is 23.6 Å². The van der Waals surface area contributed by atoms with Gasteiger partial charge in [0.2, 0.25) is 0 Å². The Morgan fingerprint density at radius 1 is 1.21 bits per heavy atom. The van der Waals surface area contributed by atoms with Crippen molar-refractivity contribution in [1.29, 1.82) is 0 Å². The van der Waals surface area contributed by atoms with Crippen LogP contribution in [0.1, 0.15) is 74.1 Å². The average molecular weight is 384 g/mol. The van der Waals surface area contributed by atoms with Gasteiger partial charge in [0, 0.05) is 24.7 Å². The fourth-order valence-corrected chi connectivity index (χ4v) is 4.33. The number of nitrogens with one attached hydrogen (secondary N) is 1. The number of pyridine rings is 1. The lowest BCUT2D eigenvalue weighted by atomic mass is 9.96. The second-order valence-corrected chi connectivity index (χ2v) is 9.53. The molecule has 6 heteroatoms. The van der Waals surface area contributed by atoms with Gasteiger partial charge in [0.25, 0.3) is 5.91 Å². The fraction of sp³-hybridized carbons (Fsp3) is 0.682. The van der Waals surface area contributed by atoms with Crippen LogP contribution in [0.3, 0.4) is 0 Å². The summed E-state index contributed by atoms with van der Waals surface area (Å²) in [5.74, 6) is 1.31. The molecule has 1 amide bonds. The molecule has 0 radical (unpaired) electrons. The molecular weight excluding hydrogens is 350 g/mol. The third-order valence-electron chi connectivity index (χ3n) is 6.09. The lowest BCUT2D eigenvalue weighted by Crippen LogP contribution is -2.40. The van der Waals surface area contributed by atoms with Crippen LogP contribution in [0.4, 0.5) is 0 Å². The van der Waals surface area contributed by atoms with Crippen molar-refractivity contribution in [2.24, 2.45) is 5.92 Å². The highest BCUT2D eigenvalue weighted by Gasteiger charge is 2.32. The van der Waals surface area contributed by atoms with Crippen molar-refractivity contribution in [1.82, 2.24) is 25.0 Å². The number of aromatic nitrogens is 3. The summed E-state index contributed by atoms with van der Waals surface area (Å²) in [4.78, 5) is 20.5. The second-order valence-electron chi connectivity index (χ2n) is 9.53. The molecule has 3 heterocycles. The molecule has 152 valence electrons. The normalized spacial score (nSPS) is 18.8. The van der Waals surface area contributed by atoms with Gasteiger partial charge in [0.05, 0.1) is 22.2 Å². The third kappa shape index (κ3) is 3.54. The zero-order valence-electron chi connectivity index (χ0n) is 17.9. The summed E-state index contributed by atoms with van der Waals surface area (Å²) in [6.45, 7) is 11.1. The Morgan fingerprint density at radius 2 is 1.89 bits per heavy atom. The van der Waals surface area contributed by atoms with Gasteiger partial charge in [0.15, 0.2) is 5.65 Å². The monoisotopic (exact) mass is 383 g/mol. The molecule has 1 N–H and O–H groups in total. The molecule has 2 aromatic rings. The summed E-state index contributed by atoms with van der Waals surface area (Å²) in [6.07, 6.45) is 4.47. The summed E-state index contributed by atoms with van der Waals surface area (Å²) < 4.78 is 2.00. The summed E-state index contributed by atoms with van der Waals surface area (Å²) in [6, 6.07) is 2.06. The van der Waals surface area contributed by atoms with Crippen LogP contribution in [0.15, 0.2) is 6.07 Å². The van der Waals surface area contributed by atoms with E-state index in [0.29, 0.717) is 11.8 Å². The molecule has 4 rings (SSSR count). The van der Waals surface area contributed by atoms with E-state index in [2.05, 4.69) is 32.2 Å². The van der Waals surface area contributed by atoms with Gasteiger partial charge >= 0.3 is 0 Å². The van der Waals surface area contributed by atoms with Crippen molar-refractivity contribution >= 4 is 16.9 Å². The Kier molecular flexibility index (Phi) is 4.94. The quantitative estimate of drug-likeness (QED) is 0.878. The lowest BCUT2D eigenvalue weighted by molar-refractivity contribution is 0.0692. The maximum Gasteiger partial charge on any atom is 0.254 e. The molecule has 0 atom stereocenters. The smallest absolute Gasteiger partial charge is 0.254 e. The molecule has 1 aliphatic heterocycles. The van der Waals surface area contributed by atoms with Gasteiger partial charge in [-0.25, -0.2) is 9.67 Å². The molecule has 1 aliphatic carbocycles. The zero-order valence-corrected chi connectivity index (χ0v) is 17.9. The molecule has 2 fully saturated rings. The van der Waals surface area contributed by atoms with Gasteiger partial charge in [-0.2, -0.15) is 5.10 Å². The highest BCUT2D eigenvalue weighted by atomic mass is 16.2. The maximum atomic E-state index is 13.5. The molecule has 6 nitrogen and oxygen atoms in total. The highest BCUT2D eigenvalue weighted by molar-refractivity contribution is 6.06. The number of carbonyl (C=O) groups is 1. The minimum Gasteiger partial charge on any atom is -0.339 e. The number of fused-ring (bicyclic) bond motifs is 1. The zero-order chi connectivity index (χ0) is 20.1. The molecule has 1 saturated carbocycles. The Labute approximate surface area is 167 Å². The van der Waals surface area contributed by atoms with E-state index in [9.17, 15) is 4.79 Å². The number of nitrogens with zero attached hydrogens (tertiary/aromatic N) is 4. The van der Waals surface area contributed by atoms with Gasteiger partial charge in [-0.1, -0.05) is 0 Å². The predicted molar refractivity (Wildman–Crippen MR) is 112 cm³/mol. The maximum absolute atomic E-state index is 13.5. The van der Waals surface area contributed by atoms with Crippen LogP contribution in [-0.2, 0) is 5.54 Å². The number of amides is 1. The minimum absolute atomic E-state index is 0.147. The summed E-state index contributed by atoms with van der Waals surface area (Å²) in [5, 5.41) is 8.98. The number of rotatable bonds is 4. The first kappa shape index (κ1) is 19.4. The van der Waals surface area contributed by atoms with Gasteiger partial charge in [-0.05, 0) is 79.0 Å². The molecule has 28 heavy (non-hydrogen) atoms. The highest BCUT2D eigenvalue weighted by Crippen LogP contribution is 2.41. The average Bonchev–Trinajstić information content (AvgIpc) is 3.44. The molecule has 2 aromatic heterocycles. The van der Waals surface area contributed by atoms with Crippen molar-refractivity contribution < 1.29 is 4.79 Å². The number of piperidine rings is 1. The number of likely N-dealkylation sites (tertiary alicyclic amines) is 1. The van der Waals surface area contributed by atoms with E-state index in [4.69, 9.17) is 10.1 Å². The first-order valence-corrected chi connectivity index (χ1v) is 10.6. The number of hydrogen-bond donors (Lipinski definition) is 1. The molecule has 0 spiro atoms. The van der Waals surface area contributed by atoms with Crippen LogP contribution in [0.2, 0.25) is 0 Å². The predicted octanol–water partition coefficient (Wildman–Crippen LogP) is 3.44. The molecule has 2 aliphatic rings. The van der Waals surface area contributed by atoms with E-state index >= 15 is 0 Å². The topological polar surface area (TPSA) is 63.1 Å². The second kappa shape index (κ2) is 7.14. The Hall–Kier alpha value is -1.95. The Bertz CT molecular complexity index is 882. The number of hydrogen-bond acceptors (Lipinski definition) is 4. The SMILES string of the molecule is CNCC1CCN(C(=O)c2cc(C3CC3)nc3c2c(C)nn3C(C)(C)C)CC1. The molecule has 0 unspecified atom stereocenters. The first-order chi connectivity index (χ1) is 13.3.